The van der Waals surface area contributed by atoms with Crippen LogP contribution in [0.25, 0.3) is 0 Å². The number of nitrogens with zero attached hydrogens (tertiary/aromatic N) is 3. The summed E-state index contributed by atoms with van der Waals surface area (Å²) in [7, 11) is 0. The van der Waals surface area contributed by atoms with Crippen LogP contribution in [0.1, 0.15) is 71.4 Å². The van der Waals surface area contributed by atoms with Crippen molar-refractivity contribution in [3.8, 4) is 0 Å². The lowest BCUT2D eigenvalue weighted by Gasteiger charge is -2.02. The number of aryl methyl sites for hydroxylation is 2. The molecule has 1 rings (SSSR count). The summed E-state index contributed by atoms with van der Waals surface area (Å²) >= 11 is 0. The maximum absolute atomic E-state index is 4.24. The first-order valence-electron chi connectivity index (χ1n) is 7.61. The lowest BCUT2D eigenvalue weighted by atomic mass is 10.1. The molecule has 0 aliphatic rings. The summed E-state index contributed by atoms with van der Waals surface area (Å²) in [6.07, 6.45) is 12.4. The van der Waals surface area contributed by atoms with Crippen molar-refractivity contribution in [3.63, 3.8) is 0 Å². The van der Waals surface area contributed by atoms with E-state index in [9.17, 15) is 0 Å². The van der Waals surface area contributed by atoms with Gasteiger partial charge in [0.2, 0.25) is 0 Å². The van der Waals surface area contributed by atoms with E-state index in [4.69, 9.17) is 0 Å². The highest BCUT2D eigenvalue weighted by atomic mass is 15.4. The molecule has 0 fully saturated rings. The van der Waals surface area contributed by atoms with Gasteiger partial charge in [-0.25, -0.2) is 0 Å². The first-order valence-corrected chi connectivity index (χ1v) is 7.61. The standard InChI is InChI=1S/C15H29N3/c1-4-5-6-7-8-9-10-15-13-18(17-16-15)12-11-14(2)3/h13-14H,4-12H2,1-3H3. The van der Waals surface area contributed by atoms with Crippen LogP contribution >= 0.6 is 0 Å². The zero-order chi connectivity index (χ0) is 13.2. The van der Waals surface area contributed by atoms with Crippen molar-refractivity contribution in [1.29, 1.82) is 0 Å². The molecule has 3 nitrogen and oxygen atoms in total. The zero-order valence-electron chi connectivity index (χ0n) is 12.4. The third kappa shape index (κ3) is 6.77. The third-order valence-corrected chi connectivity index (χ3v) is 3.31. The Labute approximate surface area is 112 Å². The van der Waals surface area contributed by atoms with Crippen molar-refractivity contribution in [3.05, 3.63) is 11.9 Å². The van der Waals surface area contributed by atoms with Gasteiger partial charge >= 0.3 is 0 Å². The second-order valence-electron chi connectivity index (χ2n) is 5.67. The van der Waals surface area contributed by atoms with Gasteiger partial charge in [-0.3, -0.25) is 4.68 Å². The van der Waals surface area contributed by atoms with Gasteiger partial charge in [0, 0.05) is 12.7 Å². The highest BCUT2D eigenvalue weighted by Crippen LogP contribution is 2.08. The Hall–Kier alpha value is -0.860. The predicted molar refractivity (Wildman–Crippen MR) is 76.6 cm³/mol. The van der Waals surface area contributed by atoms with Crippen LogP contribution in [0.5, 0.6) is 0 Å². The quantitative estimate of drug-likeness (QED) is 0.583. The third-order valence-electron chi connectivity index (χ3n) is 3.31. The molecule has 3 heteroatoms. The van der Waals surface area contributed by atoms with E-state index < -0.39 is 0 Å². The SMILES string of the molecule is CCCCCCCCc1cn(CCC(C)C)nn1. The fourth-order valence-corrected chi connectivity index (χ4v) is 2.04. The van der Waals surface area contributed by atoms with Crippen molar-refractivity contribution in [1.82, 2.24) is 15.0 Å². The molecular formula is C15H29N3. The second-order valence-corrected chi connectivity index (χ2v) is 5.67. The highest BCUT2D eigenvalue weighted by Gasteiger charge is 2.01. The van der Waals surface area contributed by atoms with Crippen LogP contribution in [0.2, 0.25) is 0 Å². The molecule has 0 saturated carbocycles. The Morgan fingerprint density at radius 3 is 2.56 bits per heavy atom. The molecule has 0 spiro atoms. The summed E-state index contributed by atoms with van der Waals surface area (Å²) in [5.41, 5.74) is 1.16. The van der Waals surface area contributed by atoms with Crippen LogP contribution in [-0.4, -0.2) is 15.0 Å². The van der Waals surface area contributed by atoms with E-state index >= 15 is 0 Å². The van der Waals surface area contributed by atoms with Gasteiger partial charge in [0.15, 0.2) is 0 Å². The van der Waals surface area contributed by atoms with Gasteiger partial charge in [-0.15, -0.1) is 5.10 Å². The average molecular weight is 251 g/mol. The maximum Gasteiger partial charge on any atom is 0.0827 e. The minimum absolute atomic E-state index is 0.733. The first-order chi connectivity index (χ1) is 8.72. The average Bonchev–Trinajstić information content (AvgIpc) is 2.79. The van der Waals surface area contributed by atoms with Crippen molar-refractivity contribution >= 4 is 0 Å². The molecule has 0 atom stereocenters. The van der Waals surface area contributed by atoms with Crippen LogP contribution < -0.4 is 0 Å². The minimum atomic E-state index is 0.733. The molecule has 1 aromatic rings. The van der Waals surface area contributed by atoms with Crippen LogP contribution in [0.4, 0.5) is 0 Å². The maximum atomic E-state index is 4.24. The van der Waals surface area contributed by atoms with Gasteiger partial charge < -0.3 is 0 Å². The zero-order valence-corrected chi connectivity index (χ0v) is 12.4. The normalized spacial score (nSPS) is 11.3. The number of aromatic nitrogens is 3. The summed E-state index contributed by atoms with van der Waals surface area (Å²) in [5, 5.41) is 8.42. The van der Waals surface area contributed by atoms with Gasteiger partial charge in [-0.05, 0) is 25.2 Å². The number of hydrogen-bond acceptors (Lipinski definition) is 2. The van der Waals surface area contributed by atoms with E-state index in [1.165, 1.54) is 44.9 Å². The number of hydrogen-bond donors (Lipinski definition) is 0. The molecule has 0 unspecified atom stereocenters. The van der Waals surface area contributed by atoms with Crippen LogP contribution in [-0.2, 0) is 13.0 Å². The molecule has 0 amide bonds. The largest absolute Gasteiger partial charge is 0.252 e. The number of rotatable bonds is 10. The molecule has 18 heavy (non-hydrogen) atoms. The summed E-state index contributed by atoms with van der Waals surface area (Å²) in [6, 6.07) is 0. The fourth-order valence-electron chi connectivity index (χ4n) is 2.04. The summed E-state index contributed by atoms with van der Waals surface area (Å²) in [5.74, 6) is 0.733. The molecular weight excluding hydrogens is 222 g/mol. The van der Waals surface area contributed by atoms with Gasteiger partial charge in [-0.2, -0.15) is 0 Å². The van der Waals surface area contributed by atoms with E-state index in [2.05, 4.69) is 37.3 Å². The van der Waals surface area contributed by atoms with Crippen molar-refractivity contribution in [2.75, 3.05) is 0 Å². The van der Waals surface area contributed by atoms with E-state index in [1.807, 2.05) is 4.68 Å². The molecule has 0 aliphatic heterocycles. The summed E-state index contributed by atoms with van der Waals surface area (Å²) in [4.78, 5) is 0. The van der Waals surface area contributed by atoms with Crippen LogP contribution in [0, 0.1) is 5.92 Å². The van der Waals surface area contributed by atoms with E-state index in [0.717, 1.165) is 24.6 Å². The monoisotopic (exact) mass is 251 g/mol. The molecule has 0 radical (unpaired) electrons. The van der Waals surface area contributed by atoms with E-state index in [0.29, 0.717) is 0 Å². The predicted octanol–water partition coefficient (Wildman–Crippen LogP) is 4.23. The van der Waals surface area contributed by atoms with Crippen molar-refractivity contribution in [2.45, 2.75) is 78.7 Å². The van der Waals surface area contributed by atoms with Crippen molar-refractivity contribution < 1.29 is 0 Å². The smallest absolute Gasteiger partial charge is 0.0827 e. The van der Waals surface area contributed by atoms with Crippen LogP contribution in [0.3, 0.4) is 0 Å². The molecule has 0 bridgehead atoms. The molecule has 0 aromatic carbocycles. The fraction of sp³-hybridized carbons (Fsp3) is 0.867. The van der Waals surface area contributed by atoms with Crippen molar-refractivity contribution in [2.24, 2.45) is 5.92 Å². The lowest BCUT2D eigenvalue weighted by molar-refractivity contribution is 0.478. The van der Waals surface area contributed by atoms with Gasteiger partial charge in [-0.1, -0.05) is 58.1 Å². The Kier molecular flexibility index (Phi) is 7.70. The first kappa shape index (κ1) is 15.2. The molecule has 0 saturated heterocycles. The number of unbranched alkanes of at least 4 members (excludes halogenated alkanes) is 5. The Morgan fingerprint density at radius 2 is 1.83 bits per heavy atom. The Balaban J connectivity index is 2.11. The highest BCUT2D eigenvalue weighted by molar-refractivity contribution is 4.92. The second kappa shape index (κ2) is 9.12. The Morgan fingerprint density at radius 1 is 1.11 bits per heavy atom. The van der Waals surface area contributed by atoms with Gasteiger partial charge in [0.1, 0.15) is 0 Å². The molecule has 104 valence electrons. The van der Waals surface area contributed by atoms with Gasteiger partial charge in [0.25, 0.3) is 0 Å². The minimum Gasteiger partial charge on any atom is -0.252 e. The Bertz CT molecular complexity index is 304. The van der Waals surface area contributed by atoms with Crippen LogP contribution in [0.15, 0.2) is 6.20 Å². The molecule has 1 aromatic heterocycles. The van der Waals surface area contributed by atoms with Gasteiger partial charge in [0.05, 0.1) is 5.69 Å². The molecule has 0 N–H and O–H groups in total. The lowest BCUT2D eigenvalue weighted by Crippen LogP contribution is -2.01. The summed E-state index contributed by atoms with van der Waals surface area (Å²) in [6.45, 7) is 7.75. The van der Waals surface area contributed by atoms with E-state index in [1.54, 1.807) is 0 Å². The molecule has 0 aliphatic carbocycles. The molecule has 1 heterocycles. The topological polar surface area (TPSA) is 30.7 Å². The van der Waals surface area contributed by atoms with E-state index in [-0.39, 0.29) is 0 Å². The summed E-state index contributed by atoms with van der Waals surface area (Å²) < 4.78 is 1.99.